The number of nitrogens with two attached hydrogens (primary N) is 1. The second-order valence-electron chi connectivity index (χ2n) is 6.50. The number of nitrogens with zero attached hydrogens (tertiary/aromatic N) is 1. The fraction of sp³-hybridized carbons (Fsp3) is 0.389. The minimum Gasteiger partial charge on any atom is -0.366 e. The molecule has 5 nitrogen and oxygen atoms in total. The molecule has 2 aromatic rings. The van der Waals surface area contributed by atoms with Crippen molar-refractivity contribution in [1.82, 2.24) is 5.16 Å². The van der Waals surface area contributed by atoms with Crippen molar-refractivity contribution in [2.75, 3.05) is 0 Å². The van der Waals surface area contributed by atoms with Crippen molar-refractivity contribution < 1.29 is 14.1 Å². The van der Waals surface area contributed by atoms with Crippen LogP contribution in [0.4, 0.5) is 0 Å². The number of hydrogen-bond acceptors (Lipinski definition) is 4. The molecule has 0 aliphatic heterocycles. The van der Waals surface area contributed by atoms with Crippen molar-refractivity contribution in [2.24, 2.45) is 17.6 Å². The van der Waals surface area contributed by atoms with E-state index in [0.717, 1.165) is 17.7 Å². The van der Waals surface area contributed by atoms with Gasteiger partial charge in [-0.05, 0) is 36.0 Å². The molecule has 0 spiro atoms. The summed E-state index contributed by atoms with van der Waals surface area (Å²) in [4.78, 5) is 23.6. The zero-order chi connectivity index (χ0) is 16.6. The van der Waals surface area contributed by atoms with Gasteiger partial charge in [-0.3, -0.25) is 9.59 Å². The summed E-state index contributed by atoms with van der Waals surface area (Å²) in [6.45, 7) is 4.26. The summed E-state index contributed by atoms with van der Waals surface area (Å²) in [5.41, 5.74) is 8.08. The van der Waals surface area contributed by atoms with Crippen molar-refractivity contribution in [2.45, 2.75) is 33.1 Å². The van der Waals surface area contributed by atoms with Gasteiger partial charge in [-0.15, -0.1) is 0 Å². The van der Waals surface area contributed by atoms with Crippen LogP contribution < -0.4 is 5.73 Å². The molecule has 0 bridgehead atoms. The molecule has 23 heavy (non-hydrogen) atoms. The number of hydrogen-bond donors (Lipinski definition) is 1. The summed E-state index contributed by atoms with van der Waals surface area (Å²) in [6, 6.07) is 6.99. The van der Waals surface area contributed by atoms with E-state index in [1.807, 2.05) is 12.1 Å². The predicted molar refractivity (Wildman–Crippen MR) is 85.2 cm³/mol. The van der Waals surface area contributed by atoms with Gasteiger partial charge in [0.1, 0.15) is 0 Å². The van der Waals surface area contributed by atoms with Crippen LogP contribution in [0.2, 0.25) is 0 Å². The number of aromatic nitrogens is 1. The minimum atomic E-state index is -0.455. The first-order valence-corrected chi connectivity index (χ1v) is 7.85. The van der Waals surface area contributed by atoms with E-state index in [1.54, 1.807) is 12.1 Å². The monoisotopic (exact) mass is 312 g/mol. The van der Waals surface area contributed by atoms with Crippen LogP contribution in [-0.2, 0) is 12.8 Å². The highest BCUT2D eigenvalue weighted by Crippen LogP contribution is 2.32. The summed E-state index contributed by atoms with van der Waals surface area (Å²) >= 11 is 0. The zero-order valence-corrected chi connectivity index (χ0v) is 13.3. The molecular weight excluding hydrogens is 292 g/mol. The Kier molecular flexibility index (Phi) is 4.03. The normalized spacial score (nSPS) is 17.3. The summed E-state index contributed by atoms with van der Waals surface area (Å²) in [6.07, 6.45) is 1.84. The lowest BCUT2D eigenvalue weighted by atomic mass is 9.79. The number of amides is 1. The fourth-order valence-corrected chi connectivity index (χ4v) is 3.04. The molecule has 1 aromatic carbocycles. The minimum absolute atomic E-state index is 0.120. The largest absolute Gasteiger partial charge is 0.366 e. The van der Waals surface area contributed by atoms with Crippen LogP contribution >= 0.6 is 0 Å². The van der Waals surface area contributed by atoms with E-state index < -0.39 is 5.91 Å². The van der Waals surface area contributed by atoms with Crippen LogP contribution in [0.3, 0.4) is 0 Å². The van der Waals surface area contributed by atoms with Crippen LogP contribution in [-0.4, -0.2) is 16.8 Å². The number of benzene rings is 1. The zero-order valence-electron chi connectivity index (χ0n) is 13.3. The maximum absolute atomic E-state index is 12.5. The molecule has 1 aliphatic rings. The van der Waals surface area contributed by atoms with E-state index in [4.69, 9.17) is 10.3 Å². The first-order valence-electron chi connectivity index (χ1n) is 7.85. The lowest BCUT2D eigenvalue weighted by Gasteiger charge is -2.23. The van der Waals surface area contributed by atoms with E-state index in [0.29, 0.717) is 41.6 Å². The SMILES string of the molecule is CC(C)C1CC(=O)c2c(noc2Cc2ccc(C(N)=O)cc2)C1. The van der Waals surface area contributed by atoms with E-state index in [1.165, 1.54) is 0 Å². The topological polar surface area (TPSA) is 86.2 Å². The molecule has 1 aliphatic carbocycles. The molecule has 1 atom stereocenters. The molecule has 0 fully saturated rings. The van der Waals surface area contributed by atoms with Gasteiger partial charge in [-0.1, -0.05) is 31.1 Å². The maximum atomic E-state index is 12.5. The molecular formula is C18H20N2O3. The highest BCUT2D eigenvalue weighted by Gasteiger charge is 2.32. The number of carbonyl (C=O) groups excluding carboxylic acids is 2. The number of primary amides is 1. The van der Waals surface area contributed by atoms with Gasteiger partial charge >= 0.3 is 0 Å². The van der Waals surface area contributed by atoms with Gasteiger partial charge in [0, 0.05) is 18.4 Å². The van der Waals surface area contributed by atoms with Crippen LogP contribution in [0.15, 0.2) is 28.8 Å². The lowest BCUT2D eigenvalue weighted by molar-refractivity contribution is 0.0931. The van der Waals surface area contributed by atoms with Crippen molar-refractivity contribution in [3.63, 3.8) is 0 Å². The van der Waals surface area contributed by atoms with Crippen molar-refractivity contribution >= 4 is 11.7 Å². The van der Waals surface area contributed by atoms with Gasteiger partial charge < -0.3 is 10.3 Å². The Bertz CT molecular complexity index is 744. The molecule has 2 N–H and O–H groups in total. The summed E-state index contributed by atoms with van der Waals surface area (Å²) in [7, 11) is 0. The van der Waals surface area contributed by atoms with Crippen molar-refractivity contribution in [1.29, 1.82) is 0 Å². The van der Waals surface area contributed by atoms with Gasteiger partial charge in [-0.25, -0.2) is 0 Å². The molecule has 1 aromatic heterocycles. The average molecular weight is 312 g/mol. The third kappa shape index (κ3) is 3.04. The standard InChI is InChI=1S/C18H20N2O3/c1-10(2)13-8-14-17(15(21)9-13)16(23-20-14)7-11-3-5-12(6-4-11)18(19)22/h3-6,10,13H,7-9H2,1-2H3,(H2,19,22). The van der Waals surface area contributed by atoms with Gasteiger partial charge in [0.05, 0.1) is 11.3 Å². The van der Waals surface area contributed by atoms with E-state index in [9.17, 15) is 9.59 Å². The highest BCUT2D eigenvalue weighted by atomic mass is 16.5. The number of fused-ring (bicyclic) bond motifs is 1. The Hall–Kier alpha value is -2.43. The Morgan fingerprint density at radius 2 is 2.00 bits per heavy atom. The highest BCUT2D eigenvalue weighted by molar-refractivity contribution is 5.99. The first kappa shape index (κ1) is 15.5. The second kappa shape index (κ2) is 5.99. The Morgan fingerprint density at radius 1 is 1.30 bits per heavy atom. The van der Waals surface area contributed by atoms with Crippen molar-refractivity contribution in [3.05, 3.63) is 52.4 Å². The molecule has 0 radical (unpaired) electrons. The van der Waals surface area contributed by atoms with E-state index >= 15 is 0 Å². The van der Waals surface area contributed by atoms with Gasteiger partial charge in [0.25, 0.3) is 0 Å². The fourth-order valence-electron chi connectivity index (χ4n) is 3.04. The molecule has 120 valence electrons. The Labute approximate surface area is 134 Å². The lowest BCUT2D eigenvalue weighted by Crippen LogP contribution is -2.24. The number of carbonyl (C=O) groups is 2. The summed E-state index contributed by atoms with van der Waals surface area (Å²) < 4.78 is 5.44. The number of rotatable bonds is 4. The Balaban J connectivity index is 1.83. The van der Waals surface area contributed by atoms with Crippen LogP contribution in [0.1, 0.15) is 58.0 Å². The molecule has 0 saturated heterocycles. The van der Waals surface area contributed by atoms with Gasteiger partial charge in [-0.2, -0.15) is 0 Å². The van der Waals surface area contributed by atoms with E-state index in [2.05, 4.69) is 19.0 Å². The summed E-state index contributed by atoms with van der Waals surface area (Å²) in [5.74, 6) is 1.06. The van der Waals surface area contributed by atoms with Gasteiger partial charge in [0.2, 0.25) is 5.91 Å². The van der Waals surface area contributed by atoms with Crippen LogP contribution in [0.5, 0.6) is 0 Å². The van der Waals surface area contributed by atoms with Crippen LogP contribution in [0, 0.1) is 11.8 Å². The quantitative estimate of drug-likeness (QED) is 0.940. The molecule has 1 amide bonds. The molecule has 1 unspecified atom stereocenters. The predicted octanol–water partition coefficient (Wildman–Crippen LogP) is 2.77. The number of Topliss-reactive ketones (excluding diaryl/α,β-unsaturated/α-hetero) is 1. The van der Waals surface area contributed by atoms with Crippen molar-refractivity contribution in [3.8, 4) is 0 Å². The first-order chi connectivity index (χ1) is 11.0. The van der Waals surface area contributed by atoms with Gasteiger partial charge in [0.15, 0.2) is 11.5 Å². The van der Waals surface area contributed by atoms with E-state index in [-0.39, 0.29) is 5.78 Å². The molecule has 0 saturated carbocycles. The van der Waals surface area contributed by atoms with Crippen LogP contribution in [0.25, 0.3) is 0 Å². The second-order valence-corrected chi connectivity index (χ2v) is 6.50. The molecule has 5 heteroatoms. The smallest absolute Gasteiger partial charge is 0.248 e. The summed E-state index contributed by atoms with van der Waals surface area (Å²) in [5, 5.41) is 4.11. The maximum Gasteiger partial charge on any atom is 0.248 e. The third-order valence-electron chi connectivity index (χ3n) is 4.56. The average Bonchev–Trinajstić information content (AvgIpc) is 2.91. The third-order valence-corrected chi connectivity index (χ3v) is 4.56. The number of ketones is 1. The molecule has 1 heterocycles. The Morgan fingerprint density at radius 3 is 2.61 bits per heavy atom. The molecule has 3 rings (SSSR count).